The Hall–Kier alpha value is -3.69. The highest BCUT2D eigenvalue weighted by atomic mass is 32.1. The topological polar surface area (TPSA) is 92.9 Å². The Morgan fingerprint density at radius 1 is 1.03 bits per heavy atom. The SMILES string of the molecule is CCc1ccc2oc(-c3cccc(NC(=S)NC(=O)c4ccc5nsnc5c4)c3)nc2c1. The van der Waals surface area contributed by atoms with Gasteiger partial charge in [-0.15, -0.1) is 0 Å². The van der Waals surface area contributed by atoms with E-state index in [1.165, 1.54) is 5.56 Å². The number of nitrogens with zero attached hydrogens (tertiary/aromatic N) is 3. The summed E-state index contributed by atoms with van der Waals surface area (Å²) >= 11 is 6.43. The Kier molecular flexibility index (Phi) is 5.34. The van der Waals surface area contributed by atoms with Crippen LogP contribution in [-0.2, 0) is 6.42 Å². The number of nitrogens with one attached hydrogen (secondary N) is 2. The first kappa shape index (κ1) is 20.2. The molecule has 5 rings (SSSR count). The molecule has 2 aromatic heterocycles. The lowest BCUT2D eigenvalue weighted by Gasteiger charge is -2.10. The van der Waals surface area contributed by atoms with Gasteiger partial charge in [-0.05, 0) is 72.7 Å². The first-order valence-electron chi connectivity index (χ1n) is 9.93. The normalized spacial score (nSPS) is 11.0. The van der Waals surface area contributed by atoms with Crippen molar-refractivity contribution in [1.29, 1.82) is 0 Å². The predicted octanol–water partition coefficient (Wildman–Crippen LogP) is 5.19. The lowest BCUT2D eigenvalue weighted by atomic mass is 10.1. The zero-order chi connectivity index (χ0) is 22.1. The number of hydrogen-bond acceptors (Lipinski definition) is 7. The Balaban J connectivity index is 1.31. The maximum absolute atomic E-state index is 12.5. The maximum atomic E-state index is 12.5. The molecule has 0 atom stereocenters. The zero-order valence-corrected chi connectivity index (χ0v) is 18.6. The Labute approximate surface area is 192 Å². The van der Waals surface area contributed by atoms with Crippen molar-refractivity contribution >= 4 is 62.8 Å². The first-order chi connectivity index (χ1) is 15.6. The van der Waals surface area contributed by atoms with Crippen molar-refractivity contribution < 1.29 is 9.21 Å². The molecule has 0 radical (unpaired) electrons. The van der Waals surface area contributed by atoms with Gasteiger partial charge in [0.25, 0.3) is 5.91 Å². The number of aromatic nitrogens is 3. The quantitative estimate of drug-likeness (QED) is 0.357. The van der Waals surface area contributed by atoms with E-state index in [2.05, 4.69) is 31.3 Å². The van der Waals surface area contributed by atoms with Gasteiger partial charge in [-0.2, -0.15) is 8.75 Å². The number of hydrogen-bond donors (Lipinski definition) is 2. The van der Waals surface area contributed by atoms with Gasteiger partial charge in [0.15, 0.2) is 10.7 Å². The molecule has 0 aliphatic rings. The number of rotatable bonds is 4. The van der Waals surface area contributed by atoms with Crippen LogP contribution in [0, 0.1) is 0 Å². The van der Waals surface area contributed by atoms with Crippen LogP contribution in [0.3, 0.4) is 0 Å². The summed E-state index contributed by atoms with van der Waals surface area (Å²) in [4.78, 5) is 17.2. The van der Waals surface area contributed by atoms with Crippen LogP contribution in [0.15, 0.2) is 65.1 Å². The molecule has 1 amide bonds. The van der Waals surface area contributed by atoms with E-state index in [4.69, 9.17) is 16.6 Å². The van der Waals surface area contributed by atoms with E-state index in [-0.39, 0.29) is 11.0 Å². The van der Waals surface area contributed by atoms with E-state index in [9.17, 15) is 4.79 Å². The third-order valence-corrected chi connectivity index (χ3v) is 5.73. The Morgan fingerprint density at radius 2 is 1.91 bits per heavy atom. The third-order valence-electron chi connectivity index (χ3n) is 4.97. The van der Waals surface area contributed by atoms with E-state index in [0.29, 0.717) is 22.7 Å². The van der Waals surface area contributed by atoms with Gasteiger partial charge in [0.1, 0.15) is 16.6 Å². The van der Waals surface area contributed by atoms with Gasteiger partial charge in [0.05, 0.1) is 11.7 Å². The van der Waals surface area contributed by atoms with E-state index in [1.54, 1.807) is 18.2 Å². The fourth-order valence-corrected chi connectivity index (χ4v) is 4.04. The molecule has 2 heterocycles. The summed E-state index contributed by atoms with van der Waals surface area (Å²) in [5.74, 6) is 0.205. The molecule has 0 aliphatic heterocycles. The van der Waals surface area contributed by atoms with E-state index in [0.717, 1.165) is 40.3 Å². The average Bonchev–Trinajstić information content (AvgIpc) is 3.44. The fraction of sp³-hybridized carbons (Fsp3) is 0.0870. The maximum Gasteiger partial charge on any atom is 0.257 e. The first-order valence-corrected chi connectivity index (χ1v) is 11.1. The highest BCUT2D eigenvalue weighted by Crippen LogP contribution is 2.27. The van der Waals surface area contributed by atoms with Crippen LogP contribution in [-0.4, -0.2) is 24.8 Å². The van der Waals surface area contributed by atoms with Gasteiger partial charge < -0.3 is 9.73 Å². The average molecular weight is 460 g/mol. The second-order valence-corrected chi connectivity index (χ2v) is 8.07. The summed E-state index contributed by atoms with van der Waals surface area (Å²) in [5.41, 5.74) is 6.19. The van der Waals surface area contributed by atoms with Crippen molar-refractivity contribution in [2.45, 2.75) is 13.3 Å². The van der Waals surface area contributed by atoms with Gasteiger partial charge in [0, 0.05) is 16.8 Å². The molecule has 32 heavy (non-hydrogen) atoms. The number of amides is 1. The minimum atomic E-state index is -0.320. The number of fused-ring (bicyclic) bond motifs is 2. The van der Waals surface area contributed by atoms with Crippen molar-refractivity contribution in [3.05, 3.63) is 71.8 Å². The number of oxazole rings is 1. The van der Waals surface area contributed by atoms with Crippen LogP contribution in [0.4, 0.5) is 5.69 Å². The molecule has 0 saturated carbocycles. The molecule has 0 bridgehead atoms. The van der Waals surface area contributed by atoms with Gasteiger partial charge >= 0.3 is 0 Å². The second kappa shape index (κ2) is 8.45. The smallest absolute Gasteiger partial charge is 0.257 e. The molecule has 0 aliphatic carbocycles. The summed E-state index contributed by atoms with van der Waals surface area (Å²) in [6, 6.07) is 18.7. The third kappa shape index (κ3) is 4.08. The number of aryl methyl sites for hydroxylation is 1. The van der Waals surface area contributed by atoms with Gasteiger partial charge in [-0.1, -0.05) is 19.1 Å². The molecule has 2 N–H and O–H groups in total. The molecular weight excluding hydrogens is 442 g/mol. The lowest BCUT2D eigenvalue weighted by Crippen LogP contribution is -2.34. The molecule has 0 unspecified atom stereocenters. The summed E-state index contributed by atoms with van der Waals surface area (Å²) in [6.45, 7) is 2.10. The van der Waals surface area contributed by atoms with E-state index in [1.807, 2.05) is 42.5 Å². The summed E-state index contributed by atoms with van der Waals surface area (Å²) < 4.78 is 14.2. The zero-order valence-electron chi connectivity index (χ0n) is 17.0. The molecule has 7 nitrogen and oxygen atoms in total. The number of anilines is 1. The summed E-state index contributed by atoms with van der Waals surface area (Å²) in [5, 5.41) is 5.92. The molecule has 0 saturated heterocycles. The van der Waals surface area contributed by atoms with Crippen molar-refractivity contribution in [3.63, 3.8) is 0 Å². The predicted molar refractivity (Wildman–Crippen MR) is 130 cm³/mol. The largest absolute Gasteiger partial charge is 0.436 e. The minimum Gasteiger partial charge on any atom is -0.436 e. The minimum absolute atomic E-state index is 0.189. The van der Waals surface area contributed by atoms with Crippen molar-refractivity contribution in [2.24, 2.45) is 0 Å². The molecule has 0 spiro atoms. The fourth-order valence-electron chi connectivity index (χ4n) is 3.31. The van der Waals surface area contributed by atoms with Crippen LogP contribution in [0.25, 0.3) is 33.6 Å². The highest BCUT2D eigenvalue weighted by molar-refractivity contribution is 7.80. The highest BCUT2D eigenvalue weighted by Gasteiger charge is 2.12. The van der Waals surface area contributed by atoms with Crippen LogP contribution in [0.5, 0.6) is 0 Å². The van der Waals surface area contributed by atoms with E-state index < -0.39 is 0 Å². The lowest BCUT2D eigenvalue weighted by molar-refractivity contribution is 0.0978. The number of thiocarbonyl (C=S) groups is 1. The number of carbonyl (C=O) groups is 1. The van der Waals surface area contributed by atoms with Crippen LogP contribution in [0.2, 0.25) is 0 Å². The van der Waals surface area contributed by atoms with Crippen LogP contribution >= 0.6 is 23.9 Å². The molecule has 158 valence electrons. The molecule has 5 aromatic rings. The standard InChI is InChI=1S/C23H17N5O2S2/c1-2-13-6-9-20-19(10-13)25-22(30-20)15-4-3-5-16(11-15)24-23(31)26-21(29)14-7-8-17-18(12-14)28-32-27-17/h3-12H,2H2,1H3,(H2,24,26,29,31). The monoisotopic (exact) mass is 459 g/mol. The van der Waals surface area contributed by atoms with Gasteiger partial charge in [-0.3, -0.25) is 10.1 Å². The number of benzene rings is 3. The molecule has 3 aromatic carbocycles. The van der Waals surface area contributed by atoms with Crippen molar-refractivity contribution in [2.75, 3.05) is 5.32 Å². The van der Waals surface area contributed by atoms with Crippen molar-refractivity contribution in [1.82, 2.24) is 19.0 Å². The molecule has 0 fully saturated rings. The molecule has 9 heteroatoms. The van der Waals surface area contributed by atoms with Crippen LogP contribution < -0.4 is 10.6 Å². The van der Waals surface area contributed by atoms with Gasteiger partial charge in [0.2, 0.25) is 5.89 Å². The van der Waals surface area contributed by atoms with Crippen LogP contribution in [0.1, 0.15) is 22.8 Å². The van der Waals surface area contributed by atoms with E-state index >= 15 is 0 Å². The van der Waals surface area contributed by atoms with Gasteiger partial charge in [-0.25, -0.2) is 4.98 Å². The Morgan fingerprint density at radius 3 is 2.78 bits per heavy atom. The Bertz CT molecular complexity index is 1470. The second-order valence-electron chi connectivity index (χ2n) is 7.13. The van der Waals surface area contributed by atoms with Crippen molar-refractivity contribution in [3.8, 4) is 11.5 Å². The summed E-state index contributed by atoms with van der Waals surface area (Å²) in [7, 11) is 0. The summed E-state index contributed by atoms with van der Waals surface area (Å²) in [6.07, 6.45) is 0.940. The number of carbonyl (C=O) groups excluding carboxylic acids is 1. The molecular formula is C23H17N5O2S2.